The Labute approximate surface area is 214 Å². The fraction of sp³-hybridized carbons (Fsp3) is 0.538. The highest BCUT2D eigenvalue weighted by Gasteiger charge is 2.47. The molecule has 10 heteroatoms. The number of carbonyl (C=O) groups excluding carboxylic acids is 1. The summed E-state index contributed by atoms with van der Waals surface area (Å²) in [6.45, 7) is 7.77. The molecule has 2 atom stereocenters. The van der Waals surface area contributed by atoms with E-state index in [0.29, 0.717) is 50.6 Å². The maximum atomic E-state index is 14.9. The monoisotopic (exact) mass is 517 g/mol. The van der Waals surface area contributed by atoms with Gasteiger partial charge in [0.15, 0.2) is 5.75 Å². The molecule has 0 saturated carbocycles. The van der Waals surface area contributed by atoms with Gasteiger partial charge in [-0.2, -0.15) is 0 Å². The van der Waals surface area contributed by atoms with Gasteiger partial charge in [-0.15, -0.1) is 0 Å². The predicted octanol–water partition coefficient (Wildman–Crippen LogP) is 3.36. The smallest absolute Gasteiger partial charge is 0.261 e. The number of carbonyl (C=O) groups is 1. The second kappa shape index (κ2) is 8.82. The molecule has 1 aromatic carbocycles. The molecule has 36 heavy (non-hydrogen) atoms. The number of fused-ring (bicyclic) bond motifs is 2. The standard InChI is InChI=1S/C26H30ClF2N5O2/c1-26(2)9-16(32-11-15(28)12-32)13-34(26)24-20-23(36-14-17-10-30-7-8-33(17)25(20)35)21(27)22(31-24)18-5-3-4-6-19(18)29/h3-6,15-17,30H,7-14H2,1-2H3/t16-,17-/m1/s1. The molecule has 3 saturated heterocycles. The first kappa shape index (κ1) is 23.9. The zero-order valence-corrected chi connectivity index (χ0v) is 21.2. The Morgan fingerprint density at radius 2 is 1.97 bits per heavy atom. The number of hydrogen-bond donors (Lipinski definition) is 1. The molecule has 5 heterocycles. The summed E-state index contributed by atoms with van der Waals surface area (Å²) in [4.78, 5) is 25.0. The molecule has 0 unspecified atom stereocenters. The molecule has 4 aliphatic rings. The second-order valence-corrected chi connectivity index (χ2v) is 11.2. The number of anilines is 1. The summed E-state index contributed by atoms with van der Waals surface area (Å²) < 4.78 is 34.8. The van der Waals surface area contributed by atoms with Gasteiger partial charge in [-0.1, -0.05) is 23.7 Å². The number of alkyl halides is 1. The van der Waals surface area contributed by atoms with Gasteiger partial charge in [-0.05, 0) is 32.4 Å². The number of halogens is 3. The van der Waals surface area contributed by atoms with Crippen molar-refractivity contribution in [3.8, 4) is 17.0 Å². The normalized spacial score (nSPS) is 26.2. The third-order valence-electron chi connectivity index (χ3n) is 7.95. The van der Waals surface area contributed by atoms with Crippen LogP contribution in [0, 0.1) is 5.82 Å². The highest BCUT2D eigenvalue weighted by molar-refractivity contribution is 6.35. The van der Waals surface area contributed by atoms with Crippen molar-refractivity contribution < 1.29 is 18.3 Å². The third-order valence-corrected chi connectivity index (χ3v) is 8.30. The number of benzene rings is 1. The molecular weight excluding hydrogens is 488 g/mol. The summed E-state index contributed by atoms with van der Waals surface area (Å²) in [5.74, 6) is 0.0750. The molecule has 1 N–H and O–H groups in total. The van der Waals surface area contributed by atoms with Crippen molar-refractivity contribution in [2.75, 3.05) is 50.8 Å². The number of amides is 1. The second-order valence-electron chi connectivity index (χ2n) is 10.8. The summed E-state index contributed by atoms with van der Waals surface area (Å²) in [7, 11) is 0. The quantitative estimate of drug-likeness (QED) is 0.674. The number of rotatable bonds is 3. The summed E-state index contributed by atoms with van der Waals surface area (Å²) in [5.41, 5.74) is 0.456. The zero-order valence-electron chi connectivity index (χ0n) is 20.4. The van der Waals surface area contributed by atoms with Gasteiger partial charge in [0.2, 0.25) is 0 Å². The SMILES string of the molecule is CC1(C)C[C@@H](N2CC(F)C2)CN1c1nc(-c2ccccc2F)c(Cl)c2c1C(=O)N1CCNC[C@@H]1CO2. The van der Waals surface area contributed by atoms with Gasteiger partial charge in [-0.3, -0.25) is 9.69 Å². The van der Waals surface area contributed by atoms with E-state index >= 15 is 0 Å². The topological polar surface area (TPSA) is 60.9 Å². The van der Waals surface area contributed by atoms with Gasteiger partial charge in [0.25, 0.3) is 5.91 Å². The molecule has 3 fully saturated rings. The van der Waals surface area contributed by atoms with E-state index in [1.54, 1.807) is 18.2 Å². The number of likely N-dealkylation sites (tertiary alicyclic amines) is 1. The Kier molecular flexibility index (Phi) is 5.85. The number of aromatic nitrogens is 1. The van der Waals surface area contributed by atoms with E-state index in [1.165, 1.54) is 6.07 Å². The van der Waals surface area contributed by atoms with Gasteiger partial charge in [-0.25, -0.2) is 13.8 Å². The largest absolute Gasteiger partial charge is 0.489 e. The maximum absolute atomic E-state index is 14.9. The first-order chi connectivity index (χ1) is 17.2. The lowest BCUT2D eigenvalue weighted by molar-refractivity contribution is 0.0324. The van der Waals surface area contributed by atoms with Crippen LogP contribution in [-0.2, 0) is 0 Å². The van der Waals surface area contributed by atoms with Crippen molar-refractivity contribution in [2.45, 2.75) is 44.1 Å². The molecule has 4 aliphatic heterocycles. The number of nitrogens with zero attached hydrogens (tertiary/aromatic N) is 4. The summed E-state index contributed by atoms with van der Waals surface area (Å²) in [5, 5.41) is 3.45. The molecule has 6 rings (SSSR count). The van der Waals surface area contributed by atoms with Crippen LogP contribution in [0.5, 0.6) is 5.75 Å². The van der Waals surface area contributed by atoms with Crippen LogP contribution >= 0.6 is 11.6 Å². The Hall–Kier alpha value is -2.49. The van der Waals surface area contributed by atoms with Crippen LogP contribution in [0.2, 0.25) is 5.02 Å². The Balaban J connectivity index is 1.51. The number of pyridine rings is 1. The van der Waals surface area contributed by atoms with Gasteiger partial charge < -0.3 is 19.9 Å². The van der Waals surface area contributed by atoms with Crippen LogP contribution in [0.4, 0.5) is 14.6 Å². The predicted molar refractivity (Wildman–Crippen MR) is 134 cm³/mol. The van der Waals surface area contributed by atoms with Crippen molar-refractivity contribution in [1.82, 2.24) is 20.1 Å². The minimum absolute atomic E-state index is 0.130. The summed E-state index contributed by atoms with van der Waals surface area (Å²) in [6, 6.07) is 6.33. The van der Waals surface area contributed by atoms with E-state index in [2.05, 4.69) is 29.0 Å². The molecule has 192 valence electrons. The molecule has 0 aliphatic carbocycles. The highest BCUT2D eigenvalue weighted by Crippen LogP contribution is 2.47. The minimum Gasteiger partial charge on any atom is -0.489 e. The van der Waals surface area contributed by atoms with Gasteiger partial charge in [0.1, 0.15) is 35.0 Å². The summed E-state index contributed by atoms with van der Waals surface area (Å²) in [6.07, 6.45) is -0.00144. The van der Waals surface area contributed by atoms with Crippen molar-refractivity contribution in [1.29, 1.82) is 0 Å². The van der Waals surface area contributed by atoms with Gasteiger partial charge >= 0.3 is 0 Å². The summed E-state index contributed by atoms with van der Waals surface area (Å²) >= 11 is 6.84. The molecular formula is C26H30ClF2N5O2. The van der Waals surface area contributed by atoms with E-state index in [4.69, 9.17) is 21.3 Å². The highest BCUT2D eigenvalue weighted by atomic mass is 35.5. The average molecular weight is 518 g/mol. The lowest BCUT2D eigenvalue weighted by atomic mass is 9.97. The van der Waals surface area contributed by atoms with E-state index in [-0.39, 0.29) is 52.2 Å². The van der Waals surface area contributed by atoms with E-state index in [9.17, 15) is 13.6 Å². The number of hydrogen-bond acceptors (Lipinski definition) is 6. The average Bonchev–Trinajstić information content (AvgIpc) is 3.06. The molecule has 0 radical (unpaired) electrons. The molecule has 7 nitrogen and oxygen atoms in total. The van der Waals surface area contributed by atoms with E-state index in [1.807, 2.05) is 4.90 Å². The minimum atomic E-state index is -0.792. The van der Waals surface area contributed by atoms with Crippen LogP contribution in [0.1, 0.15) is 30.6 Å². The lowest BCUT2D eigenvalue weighted by Crippen LogP contribution is -2.55. The van der Waals surface area contributed by atoms with Crippen molar-refractivity contribution in [3.63, 3.8) is 0 Å². The van der Waals surface area contributed by atoms with Crippen LogP contribution in [0.15, 0.2) is 24.3 Å². The van der Waals surface area contributed by atoms with Crippen molar-refractivity contribution in [2.24, 2.45) is 0 Å². The van der Waals surface area contributed by atoms with Crippen LogP contribution < -0.4 is 15.0 Å². The fourth-order valence-corrected chi connectivity index (χ4v) is 6.26. The third kappa shape index (κ3) is 3.83. The van der Waals surface area contributed by atoms with E-state index < -0.39 is 12.0 Å². The van der Waals surface area contributed by atoms with Crippen molar-refractivity contribution in [3.05, 3.63) is 40.7 Å². The molecule has 2 aromatic rings. The lowest BCUT2D eigenvalue weighted by Gasteiger charge is -2.39. The zero-order chi connectivity index (χ0) is 25.2. The molecule has 0 spiro atoms. The number of piperazine rings is 1. The molecule has 1 amide bonds. The molecule has 1 aromatic heterocycles. The van der Waals surface area contributed by atoms with Crippen LogP contribution in [-0.4, -0.2) is 90.4 Å². The molecule has 0 bridgehead atoms. The number of ether oxygens (including phenoxy) is 1. The van der Waals surface area contributed by atoms with E-state index in [0.717, 1.165) is 6.42 Å². The fourth-order valence-electron chi connectivity index (χ4n) is 5.97. The first-order valence-corrected chi connectivity index (χ1v) is 12.9. The van der Waals surface area contributed by atoms with Crippen LogP contribution in [0.3, 0.4) is 0 Å². The number of nitrogens with one attached hydrogen (secondary N) is 1. The first-order valence-electron chi connectivity index (χ1n) is 12.5. The Morgan fingerprint density at radius 1 is 1.19 bits per heavy atom. The Morgan fingerprint density at radius 3 is 2.72 bits per heavy atom. The Bertz CT molecular complexity index is 1210. The maximum Gasteiger partial charge on any atom is 0.261 e. The van der Waals surface area contributed by atoms with Gasteiger partial charge in [0, 0.05) is 56.4 Å². The van der Waals surface area contributed by atoms with Crippen molar-refractivity contribution >= 4 is 23.3 Å². The van der Waals surface area contributed by atoms with Crippen LogP contribution in [0.25, 0.3) is 11.3 Å². The van der Waals surface area contributed by atoms with Gasteiger partial charge in [0.05, 0.1) is 11.7 Å².